The molecule has 0 radical (unpaired) electrons. The zero-order valence-corrected chi connectivity index (χ0v) is 22.6. The second kappa shape index (κ2) is 12.4. The van der Waals surface area contributed by atoms with Crippen molar-refractivity contribution in [1.29, 1.82) is 0 Å². The Morgan fingerprint density at radius 3 is 2.00 bits per heavy atom. The van der Waals surface area contributed by atoms with E-state index in [1.807, 2.05) is 24.3 Å². The Balaban J connectivity index is 1.30. The molecule has 2 aliphatic rings. The van der Waals surface area contributed by atoms with Gasteiger partial charge in [0, 0.05) is 82.6 Å². The smallest absolute Gasteiger partial charge is 0.188 e. The minimum atomic E-state index is -0.436. The molecular weight excluding hydrogens is 448 g/mol. The van der Waals surface area contributed by atoms with Crippen LogP contribution in [0.25, 0.3) is 0 Å². The lowest BCUT2D eigenvalue weighted by atomic mass is 10.0. The first-order chi connectivity index (χ1) is 17.3. The average molecular weight is 493 g/mol. The fourth-order valence-electron chi connectivity index (χ4n) is 5.79. The Hall–Kier alpha value is -2.09. The number of benzene rings is 2. The summed E-state index contributed by atoms with van der Waals surface area (Å²) in [6.45, 7) is 18.4. The van der Waals surface area contributed by atoms with Crippen molar-refractivity contribution in [1.82, 2.24) is 19.6 Å². The molecule has 2 aromatic carbocycles. The topological polar surface area (TPSA) is 50.3 Å². The maximum Gasteiger partial charge on any atom is 0.188 e. The summed E-state index contributed by atoms with van der Waals surface area (Å²) in [5.74, 6) is -0.227. The molecule has 0 spiro atoms. The summed E-state index contributed by atoms with van der Waals surface area (Å²) in [5, 5.41) is 9.06. The van der Waals surface area contributed by atoms with Gasteiger partial charge in [0.15, 0.2) is 5.78 Å². The number of aliphatic hydroxyl groups excluding tert-OH is 1. The minimum Gasteiger partial charge on any atom is -0.388 e. The van der Waals surface area contributed by atoms with Crippen LogP contribution in [0.1, 0.15) is 54.7 Å². The normalized spacial score (nSPS) is 22.8. The third-order valence-electron chi connectivity index (χ3n) is 7.90. The summed E-state index contributed by atoms with van der Waals surface area (Å²) in [7, 11) is 0. The molecule has 2 heterocycles. The van der Waals surface area contributed by atoms with Crippen molar-refractivity contribution >= 4 is 5.78 Å². The molecule has 0 bridgehead atoms. The zero-order chi connectivity index (χ0) is 25.7. The monoisotopic (exact) mass is 492 g/mol. The highest BCUT2D eigenvalue weighted by Crippen LogP contribution is 2.22. The lowest BCUT2D eigenvalue weighted by Gasteiger charge is -2.44. The standard InChI is InChI=1S/C30H44N4O2/c1-23(2)33-14-12-31(13-15-33)20-27-6-5-7-28(16-27)21-34-24(3)17-32(18-25(34)4)19-26-8-10-29(11-9-26)30(36)22-35/h5-11,16,23-25,35H,12-15,17-22H2,1-4H3/t24-,25+. The van der Waals surface area contributed by atoms with Gasteiger partial charge in [-0.2, -0.15) is 0 Å². The maximum absolute atomic E-state index is 11.7. The molecule has 2 aliphatic heterocycles. The van der Waals surface area contributed by atoms with E-state index in [0.29, 0.717) is 23.7 Å². The average Bonchev–Trinajstić information content (AvgIpc) is 2.87. The summed E-state index contributed by atoms with van der Waals surface area (Å²) in [5.41, 5.74) is 4.62. The van der Waals surface area contributed by atoms with E-state index in [9.17, 15) is 4.79 Å². The highest BCUT2D eigenvalue weighted by molar-refractivity contribution is 5.96. The number of nitrogens with zero attached hydrogens (tertiary/aromatic N) is 4. The summed E-state index contributed by atoms with van der Waals surface area (Å²) in [4.78, 5) is 22.0. The van der Waals surface area contributed by atoms with Crippen molar-refractivity contribution in [3.8, 4) is 0 Å². The van der Waals surface area contributed by atoms with Crippen LogP contribution < -0.4 is 0 Å². The summed E-state index contributed by atoms with van der Waals surface area (Å²) >= 11 is 0. The molecule has 36 heavy (non-hydrogen) atoms. The van der Waals surface area contributed by atoms with Gasteiger partial charge in [0.25, 0.3) is 0 Å². The Morgan fingerprint density at radius 2 is 1.42 bits per heavy atom. The molecule has 0 saturated carbocycles. The zero-order valence-electron chi connectivity index (χ0n) is 22.6. The number of carbonyl (C=O) groups is 1. The number of piperazine rings is 2. The van der Waals surface area contributed by atoms with Crippen molar-refractivity contribution in [3.63, 3.8) is 0 Å². The number of rotatable bonds is 9. The molecule has 1 N–H and O–H groups in total. The van der Waals surface area contributed by atoms with Crippen molar-refractivity contribution < 1.29 is 9.90 Å². The van der Waals surface area contributed by atoms with Crippen molar-refractivity contribution in [2.75, 3.05) is 45.9 Å². The molecule has 2 atom stereocenters. The Kier molecular flexibility index (Phi) is 9.31. The molecule has 0 amide bonds. The van der Waals surface area contributed by atoms with Crippen LogP contribution in [0.5, 0.6) is 0 Å². The predicted molar refractivity (Wildman–Crippen MR) is 146 cm³/mol. The molecule has 2 aromatic rings. The van der Waals surface area contributed by atoms with Crippen LogP contribution in [0.2, 0.25) is 0 Å². The molecular formula is C30H44N4O2. The van der Waals surface area contributed by atoms with Crippen LogP contribution in [0.3, 0.4) is 0 Å². The van der Waals surface area contributed by atoms with Crippen molar-refractivity contribution in [2.45, 2.75) is 65.5 Å². The van der Waals surface area contributed by atoms with E-state index >= 15 is 0 Å². The van der Waals surface area contributed by atoms with Gasteiger partial charge >= 0.3 is 0 Å². The fourth-order valence-corrected chi connectivity index (χ4v) is 5.79. The molecule has 2 saturated heterocycles. The van der Waals surface area contributed by atoms with E-state index in [1.165, 1.54) is 29.8 Å². The van der Waals surface area contributed by atoms with E-state index in [1.54, 1.807) is 0 Å². The van der Waals surface area contributed by atoms with E-state index in [4.69, 9.17) is 5.11 Å². The highest BCUT2D eigenvalue weighted by Gasteiger charge is 2.29. The van der Waals surface area contributed by atoms with Crippen LogP contribution in [0.4, 0.5) is 0 Å². The van der Waals surface area contributed by atoms with Crippen LogP contribution in [0.15, 0.2) is 48.5 Å². The number of ketones is 1. The lowest BCUT2D eigenvalue weighted by molar-refractivity contribution is 0.0290. The number of hydrogen-bond acceptors (Lipinski definition) is 6. The van der Waals surface area contributed by atoms with Gasteiger partial charge in [0.1, 0.15) is 6.61 Å². The lowest BCUT2D eigenvalue weighted by Crippen LogP contribution is -2.55. The third-order valence-corrected chi connectivity index (χ3v) is 7.90. The summed E-state index contributed by atoms with van der Waals surface area (Å²) in [6.07, 6.45) is 0. The Labute approximate surface area is 217 Å². The van der Waals surface area contributed by atoms with Gasteiger partial charge in [-0.1, -0.05) is 48.5 Å². The van der Waals surface area contributed by atoms with Crippen LogP contribution in [0, 0.1) is 0 Å². The van der Waals surface area contributed by atoms with Crippen LogP contribution >= 0.6 is 0 Å². The van der Waals surface area contributed by atoms with Gasteiger partial charge in [0.2, 0.25) is 0 Å². The largest absolute Gasteiger partial charge is 0.388 e. The second-order valence-electron chi connectivity index (χ2n) is 11.1. The van der Waals surface area contributed by atoms with Crippen LogP contribution in [-0.4, -0.2) is 94.5 Å². The molecule has 0 unspecified atom stereocenters. The first-order valence-corrected chi connectivity index (χ1v) is 13.6. The van der Waals surface area contributed by atoms with Gasteiger partial charge in [-0.05, 0) is 44.4 Å². The van der Waals surface area contributed by atoms with Gasteiger partial charge in [-0.3, -0.25) is 24.4 Å². The van der Waals surface area contributed by atoms with Crippen molar-refractivity contribution in [3.05, 3.63) is 70.8 Å². The Bertz CT molecular complexity index is 973. The maximum atomic E-state index is 11.7. The third kappa shape index (κ3) is 7.02. The van der Waals surface area contributed by atoms with E-state index < -0.39 is 6.61 Å². The fraction of sp³-hybridized carbons (Fsp3) is 0.567. The van der Waals surface area contributed by atoms with Gasteiger partial charge in [-0.15, -0.1) is 0 Å². The van der Waals surface area contributed by atoms with E-state index in [0.717, 1.165) is 45.8 Å². The first-order valence-electron chi connectivity index (χ1n) is 13.6. The minimum absolute atomic E-state index is 0.227. The molecule has 0 aliphatic carbocycles. The van der Waals surface area contributed by atoms with Gasteiger partial charge < -0.3 is 5.11 Å². The van der Waals surface area contributed by atoms with E-state index in [2.05, 4.69) is 71.6 Å². The molecule has 4 rings (SSSR count). The predicted octanol–water partition coefficient (Wildman–Crippen LogP) is 3.48. The number of Topliss-reactive ketones (excluding diaryl/α,β-unsaturated/α-hetero) is 1. The van der Waals surface area contributed by atoms with E-state index in [-0.39, 0.29) is 5.78 Å². The van der Waals surface area contributed by atoms with Crippen LogP contribution in [-0.2, 0) is 19.6 Å². The number of carbonyl (C=O) groups excluding carboxylic acids is 1. The SMILES string of the molecule is CC(C)N1CCN(Cc2cccc(CN3[C@H](C)CN(Cc4ccc(C(=O)CO)cc4)C[C@@H]3C)c2)CC1. The quantitative estimate of drug-likeness (QED) is 0.541. The number of hydrogen-bond donors (Lipinski definition) is 1. The summed E-state index contributed by atoms with van der Waals surface area (Å²) < 4.78 is 0. The van der Waals surface area contributed by atoms with Crippen molar-refractivity contribution in [2.24, 2.45) is 0 Å². The molecule has 2 fully saturated rings. The second-order valence-corrected chi connectivity index (χ2v) is 11.1. The molecule has 6 nitrogen and oxygen atoms in total. The first kappa shape index (κ1) is 27.0. The molecule has 0 aromatic heterocycles. The molecule has 196 valence electrons. The summed E-state index contributed by atoms with van der Waals surface area (Å²) in [6, 6.07) is 18.5. The highest BCUT2D eigenvalue weighted by atomic mass is 16.3. The van der Waals surface area contributed by atoms with Gasteiger partial charge in [-0.25, -0.2) is 0 Å². The molecule has 6 heteroatoms. The van der Waals surface area contributed by atoms with Gasteiger partial charge in [0.05, 0.1) is 0 Å². The number of aliphatic hydroxyl groups is 1. The Morgan fingerprint density at radius 1 is 0.833 bits per heavy atom.